The number of guanidine groups is 1. The van der Waals surface area contributed by atoms with E-state index in [0.29, 0.717) is 6.54 Å². The van der Waals surface area contributed by atoms with Crippen LogP contribution in [0.25, 0.3) is 0 Å². The van der Waals surface area contributed by atoms with Crippen molar-refractivity contribution in [2.45, 2.75) is 6.54 Å². The molecule has 0 radical (unpaired) electrons. The van der Waals surface area contributed by atoms with Gasteiger partial charge in [-0.3, -0.25) is 20.2 Å². The zero-order chi connectivity index (χ0) is 9.97. The highest BCUT2D eigenvalue weighted by Gasteiger charge is 2.24. The first-order valence-corrected chi connectivity index (χ1v) is 4.69. The monoisotopic (exact) mass is 210 g/mol. The molecule has 2 rings (SSSR count). The Labute approximate surface area is 83.1 Å². The summed E-state index contributed by atoms with van der Waals surface area (Å²) in [5, 5.41) is 7.25. The van der Waals surface area contributed by atoms with Crippen molar-refractivity contribution in [3.63, 3.8) is 0 Å². The molecule has 7 heteroatoms. The number of thiazole rings is 1. The third-order valence-electron chi connectivity index (χ3n) is 1.53. The van der Waals surface area contributed by atoms with Crippen molar-refractivity contribution < 1.29 is 9.59 Å². The van der Waals surface area contributed by atoms with Crippen molar-refractivity contribution in [1.29, 1.82) is 0 Å². The van der Waals surface area contributed by atoms with E-state index < -0.39 is 11.8 Å². The summed E-state index contributed by atoms with van der Waals surface area (Å²) in [6.07, 6.45) is 1.67. The van der Waals surface area contributed by atoms with Crippen LogP contribution in [-0.2, 0) is 16.1 Å². The molecule has 1 aliphatic heterocycles. The molecule has 0 saturated carbocycles. The summed E-state index contributed by atoms with van der Waals surface area (Å²) in [5.74, 6) is -1.17. The number of hydrogen-bond acceptors (Lipinski definition) is 5. The summed E-state index contributed by atoms with van der Waals surface area (Å²) in [7, 11) is 0. The van der Waals surface area contributed by atoms with Gasteiger partial charge in [0, 0.05) is 11.6 Å². The molecule has 0 aliphatic carbocycles. The first kappa shape index (κ1) is 8.82. The lowest BCUT2D eigenvalue weighted by atomic mass is 10.6. The Bertz CT molecular complexity index is 380. The Morgan fingerprint density at radius 3 is 2.64 bits per heavy atom. The first-order valence-electron chi connectivity index (χ1n) is 3.81. The predicted octanol–water partition coefficient (Wildman–Crippen LogP) is -0.755. The fraction of sp³-hybridized carbons (Fsp3) is 0.143. The molecule has 72 valence electrons. The lowest BCUT2D eigenvalue weighted by molar-refractivity contribution is -0.135. The highest BCUT2D eigenvalue weighted by molar-refractivity contribution is 7.09. The number of nitrogens with zero attached hydrogens (tertiary/aromatic N) is 2. The maximum atomic E-state index is 10.7. The molecule has 1 aromatic heterocycles. The number of nitrogens with one attached hydrogen (secondary N) is 2. The second-order valence-corrected chi connectivity index (χ2v) is 3.48. The van der Waals surface area contributed by atoms with Crippen LogP contribution in [0.3, 0.4) is 0 Å². The number of rotatable bonds is 2. The van der Waals surface area contributed by atoms with E-state index in [1.807, 2.05) is 5.38 Å². The molecule has 0 spiro atoms. The Balaban J connectivity index is 2.00. The molecular formula is C7H6N4O2S. The maximum Gasteiger partial charge on any atom is 0.316 e. The van der Waals surface area contributed by atoms with Crippen molar-refractivity contribution in [2.75, 3.05) is 0 Å². The Morgan fingerprint density at radius 2 is 2.07 bits per heavy atom. The summed E-state index contributed by atoms with van der Waals surface area (Å²) in [6.45, 7) is 0.355. The van der Waals surface area contributed by atoms with Crippen LogP contribution < -0.4 is 10.6 Å². The SMILES string of the molecule is O=C1NC(=NCc2nccs2)NC1=O. The molecule has 0 atom stereocenters. The van der Waals surface area contributed by atoms with Crippen LogP contribution in [0, 0.1) is 0 Å². The number of amides is 2. The summed E-state index contributed by atoms with van der Waals surface area (Å²) in [5.41, 5.74) is 0. The summed E-state index contributed by atoms with van der Waals surface area (Å²) in [6, 6.07) is 0. The van der Waals surface area contributed by atoms with Crippen LogP contribution in [0.1, 0.15) is 5.01 Å². The van der Waals surface area contributed by atoms with Gasteiger partial charge in [0.15, 0.2) is 0 Å². The second kappa shape index (κ2) is 3.54. The summed E-state index contributed by atoms with van der Waals surface area (Å²) < 4.78 is 0. The van der Waals surface area contributed by atoms with Gasteiger partial charge in [-0.2, -0.15) is 0 Å². The van der Waals surface area contributed by atoms with Crippen molar-refractivity contribution >= 4 is 29.1 Å². The third kappa shape index (κ3) is 1.77. The molecule has 1 fully saturated rings. The zero-order valence-corrected chi connectivity index (χ0v) is 7.80. The molecule has 14 heavy (non-hydrogen) atoms. The molecule has 0 bridgehead atoms. The summed E-state index contributed by atoms with van der Waals surface area (Å²) >= 11 is 1.46. The van der Waals surface area contributed by atoms with E-state index in [1.165, 1.54) is 11.3 Å². The number of carbonyl (C=O) groups excluding carboxylic acids is 2. The number of aliphatic imine (C=N–C) groups is 1. The second-order valence-electron chi connectivity index (χ2n) is 2.50. The molecule has 0 aromatic carbocycles. The largest absolute Gasteiger partial charge is 0.316 e. The quantitative estimate of drug-likeness (QED) is 0.630. The Kier molecular flexibility index (Phi) is 2.23. The van der Waals surface area contributed by atoms with Gasteiger partial charge >= 0.3 is 11.8 Å². The van der Waals surface area contributed by atoms with Crippen molar-refractivity contribution in [2.24, 2.45) is 4.99 Å². The lowest BCUT2D eigenvalue weighted by Gasteiger charge is -1.93. The normalized spacial score (nSPS) is 15.3. The van der Waals surface area contributed by atoms with E-state index >= 15 is 0 Å². The Hall–Kier alpha value is -1.76. The standard InChI is InChI=1S/C7H6N4O2S/c12-5-6(13)11-7(10-5)9-3-4-8-1-2-14-4/h1-2H,3H2,(H2,9,10,11,12,13). The van der Waals surface area contributed by atoms with Crippen LogP contribution in [0.4, 0.5) is 0 Å². The minimum atomic E-state index is -0.678. The van der Waals surface area contributed by atoms with Crippen molar-refractivity contribution in [3.8, 4) is 0 Å². The first-order chi connectivity index (χ1) is 6.75. The predicted molar refractivity (Wildman–Crippen MR) is 49.5 cm³/mol. The van der Waals surface area contributed by atoms with E-state index in [4.69, 9.17) is 0 Å². The van der Waals surface area contributed by atoms with E-state index in [1.54, 1.807) is 6.20 Å². The minimum absolute atomic E-state index is 0.190. The zero-order valence-electron chi connectivity index (χ0n) is 6.98. The van der Waals surface area contributed by atoms with E-state index in [9.17, 15) is 9.59 Å². The molecule has 2 heterocycles. The van der Waals surface area contributed by atoms with Crippen molar-refractivity contribution in [1.82, 2.24) is 15.6 Å². The fourth-order valence-electron chi connectivity index (χ4n) is 0.917. The average molecular weight is 210 g/mol. The van der Waals surface area contributed by atoms with Crippen LogP contribution in [0.5, 0.6) is 0 Å². The topological polar surface area (TPSA) is 83.4 Å². The van der Waals surface area contributed by atoms with E-state index in [-0.39, 0.29) is 5.96 Å². The minimum Gasteiger partial charge on any atom is -0.288 e. The van der Waals surface area contributed by atoms with Gasteiger partial charge < -0.3 is 0 Å². The van der Waals surface area contributed by atoms with Gasteiger partial charge in [-0.05, 0) is 0 Å². The van der Waals surface area contributed by atoms with Gasteiger partial charge in [0.1, 0.15) is 5.01 Å². The maximum absolute atomic E-state index is 10.7. The van der Waals surface area contributed by atoms with Gasteiger partial charge in [0.2, 0.25) is 5.96 Å². The summed E-state index contributed by atoms with van der Waals surface area (Å²) in [4.78, 5) is 29.4. The van der Waals surface area contributed by atoms with Gasteiger partial charge in [0.25, 0.3) is 0 Å². The molecule has 2 N–H and O–H groups in total. The van der Waals surface area contributed by atoms with E-state index in [2.05, 4.69) is 20.6 Å². The number of carbonyl (C=O) groups is 2. The molecule has 2 amide bonds. The van der Waals surface area contributed by atoms with Gasteiger partial charge in [-0.1, -0.05) is 0 Å². The van der Waals surface area contributed by atoms with Crippen molar-refractivity contribution in [3.05, 3.63) is 16.6 Å². The fourth-order valence-corrected chi connectivity index (χ4v) is 1.46. The highest BCUT2D eigenvalue weighted by Crippen LogP contribution is 2.04. The molecule has 1 aromatic rings. The van der Waals surface area contributed by atoms with E-state index in [0.717, 1.165) is 5.01 Å². The Morgan fingerprint density at radius 1 is 1.36 bits per heavy atom. The molecular weight excluding hydrogens is 204 g/mol. The number of aromatic nitrogens is 1. The molecule has 6 nitrogen and oxygen atoms in total. The van der Waals surface area contributed by atoms with Gasteiger partial charge in [0.05, 0.1) is 6.54 Å². The average Bonchev–Trinajstić information content (AvgIpc) is 2.74. The molecule has 1 saturated heterocycles. The van der Waals surface area contributed by atoms with Crippen LogP contribution >= 0.6 is 11.3 Å². The molecule has 0 unspecified atom stereocenters. The number of hydrogen-bond donors (Lipinski definition) is 2. The molecule has 1 aliphatic rings. The van der Waals surface area contributed by atoms with Crippen LogP contribution in [0.2, 0.25) is 0 Å². The lowest BCUT2D eigenvalue weighted by Crippen LogP contribution is -2.25. The smallest absolute Gasteiger partial charge is 0.288 e. The van der Waals surface area contributed by atoms with Crippen LogP contribution in [-0.4, -0.2) is 22.8 Å². The van der Waals surface area contributed by atoms with Gasteiger partial charge in [-0.15, -0.1) is 11.3 Å². The van der Waals surface area contributed by atoms with Crippen LogP contribution in [0.15, 0.2) is 16.6 Å². The third-order valence-corrected chi connectivity index (χ3v) is 2.29. The highest BCUT2D eigenvalue weighted by atomic mass is 32.1. The van der Waals surface area contributed by atoms with Gasteiger partial charge in [-0.25, -0.2) is 9.98 Å².